The number of carbonyl (C=O) groups is 1. The number of fused-ring (bicyclic) bond motifs is 1. The molecule has 2 aliphatic heterocycles. The van der Waals surface area contributed by atoms with Gasteiger partial charge >= 0.3 is 0 Å². The summed E-state index contributed by atoms with van der Waals surface area (Å²) in [5, 5.41) is 2.61. The van der Waals surface area contributed by atoms with E-state index in [1.165, 1.54) is 0 Å². The molecular weight excluding hydrogens is 406 g/mol. The second-order valence-corrected chi connectivity index (χ2v) is 7.80. The highest BCUT2D eigenvalue weighted by atomic mass is 16.5. The van der Waals surface area contributed by atoms with Crippen LogP contribution in [0.3, 0.4) is 0 Å². The van der Waals surface area contributed by atoms with Gasteiger partial charge in [0.05, 0.1) is 18.1 Å². The number of carbonyl (C=O) groups excluding carboxylic acids is 1. The molecule has 8 nitrogen and oxygen atoms in total. The Morgan fingerprint density at radius 1 is 1.38 bits per heavy atom. The first-order valence-corrected chi connectivity index (χ1v) is 10.7. The number of aromatic nitrogens is 2. The highest BCUT2D eigenvalue weighted by molar-refractivity contribution is 5.93. The lowest BCUT2D eigenvalue weighted by Gasteiger charge is -2.26. The number of aromatic amines is 1. The van der Waals surface area contributed by atoms with Crippen molar-refractivity contribution in [1.29, 1.82) is 0 Å². The molecule has 0 bridgehead atoms. The van der Waals surface area contributed by atoms with E-state index in [-0.39, 0.29) is 11.5 Å². The number of rotatable bonds is 5. The number of aliphatic imine (C=N–C) groups is 1. The summed E-state index contributed by atoms with van der Waals surface area (Å²) in [6.07, 6.45) is 10.9. The van der Waals surface area contributed by atoms with E-state index in [0.29, 0.717) is 18.7 Å². The fourth-order valence-electron chi connectivity index (χ4n) is 3.93. The number of nitrogens with one attached hydrogen (secondary N) is 2. The SMILES string of the molecule is CCc1cc2ncc(CN3C=CC(=C4C=NC(C(=O)NC)C=C4OC)CC3)cc2[nH]c1=O. The standard InChI is InChI=1S/C24H27N5O3/c1-4-16-10-19-20(28-23(16)30)9-15(12-26-19)14-29-7-5-17(6-8-29)18-13-27-21(24(31)25-2)11-22(18)32-3/h5,7,9-13,21H,4,6,8,14H2,1-3H3,(H,25,31)(H,28,30). The summed E-state index contributed by atoms with van der Waals surface area (Å²) in [6.45, 7) is 3.48. The van der Waals surface area contributed by atoms with Crippen LogP contribution >= 0.6 is 0 Å². The number of methoxy groups -OCH3 is 1. The first-order chi connectivity index (χ1) is 15.5. The quantitative estimate of drug-likeness (QED) is 0.753. The highest BCUT2D eigenvalue weighted by Gasteiger charge is 2.22. The Morgan fingerprint density at radius 2 is 2.22 bits per heavy atom. The van der Waals surface area contributed by atoms with E-state index in [1.54, 1.807) is 26.4 Å². The minimum atomic E-state index is -0.566. The van der Waals surface area contributed by atoms with Gasteiger partial charge in [0, 0.05) is 43.7 Å². The first-order valence-electron chi connectivity index (χ1n) is 10.7. The fourth-order valence-corrected chi connectivity index (χ4v) is 3.93. The van der Waals surface area contributed by atoms with Crippen molar-refractivity contribution in [3.8, 4) is 0 Å². The van der Waals surface area contributed by atoms with Crippen LogP contribution in [0.25, 0.3) is 11.0 Å². The third kappa shape index (κ3) is 4.34. The number of likely N-dealkylation sites (N-methyl/N-ethyl adjacent to an activating group) is 1. The van der Waals surface area contributed by atoms with Crippen LogP contribution in [-0.2, 0) is 22.5 Å². The van der Waals surface area contributed by atoms with Crippen molar-refractivity contribution in [1.82, 2.24) is 20.2 Å². The molecule has 8 heteroatoms. The molecule has 1 atom stereocenters. The molecule has 0 spiro atoms. The van der Waals surface area contributed by atoms with Crippen molar-refractivity contribution in [2.75, 3.05) is 20.7 Å². The number of allylic oxidation sites excluding steroid dienone is 2. The Balaban J connectivity index is 1.51. The Hall–Kier alpha value is -3.68. The number of H-pyrrole nitrogens is 1. The predicted molar refractivity (Wildman–Crippen MR) is 124 cm³/mol. The molecule has 32 heavy (non-hydrogen) atoms. The summed E-state index contributed by atoms with van der Waals surface area (Å²) in [6, 6.07) is 3.28. The molecule has 0 aliphatic carbocycles. The Bertz CT molecular complexity index is 1220. The monoisotopic (exact) mass is 433 g/mol. The van der Waals surface area contributed by atoms with Crippen molar-refractivity contribution in [3.63, 3.8) is 0 Å². The van der Waals surface area contributed by atoms with Crippen LogP contribution in [-0.4, -0.2) is 53.7 Å². The number of pyridine rings is 2. The molecule has 4 heterocycles. The Labute approximate surface area is 186 Å². The molecule has 0 saturated carbocycles. The zero-order valence-corrected chi connectivity index (χ0v) is 18.5. The highest BCUT2D eigenvalue weighted by Crippen LogP contribution is 2.26. The van der Waals surface area contributed by atoms with Crippen molar-refractivity contribution in [2.24, 2.45) is 4.99 Å². The maximum absolute atomic E-state index is 12.1. The van der Waals surface area contributed by atoms with Crippen LogP contribution in [0.5, 0.6) is 0 Å². The van der Waals surface area contributed by atoms with E-state index in [4.69, 9.17) is 4.74 Å². The third-order valence-electron chi connectivity index (χ3n) is 5.77. The number of nitrogens with zero attached hydrogens (tertiary/aromatic N) is 3. The molecule has 0 aromatic carbocycles. The maximum atomic E-state index is 12.1. The van der Waals surface area contributed by atoms with Crippen molar-refractivity contribution in [2.45, 2.75) is 32.4 Å². The summed E-state index contributed by atoms with van der Waals surface area (Å²) in [7, 11) is 3.20. The summed E-state index contributed by atoms with van der Waals surface area (Å²) < 4.78 is 5.52. The average Bonchev–Trinajstić information content (AvgIpc) is 2.83. The molecule has 2 aliphatic rings. The average molecular weight is 434 g/mol. The zero-order valence-electron chi connectivity index (χ0n) is 18.5. The number of ether oxygens (including phenoxy) is 1. The van der Waals surface area contributed by atoms with Gasteiger partial charge in [0.2, 0.25) is 5.91 Å². The van der Waals surface area contributed by atoms with Gasteiger partial charge in [-0.05, 0) is 54.5 Å². The Kier molecular flexibility index (Phi) is 6.20. The van der Waals surface area contributed by atoms with E-state index in [0.717, 1.165) is 46.3 Å². The van der Waals surface area contributed by atoms with Gasteiger partial charge in [-0.1, -0.05) is 6.92 Å². The van der Waals surface area contributed by atoms with Gasteiger partial charge in [-0.25, -0.2) is 0 Å². The minimum absolute atomic E-state index is 0.0529. The van der Waals surface area contributed by atoms with E-state index in [2.05, 4.69) is 31.3 Å². The molecule has 1 unspecified atom stereocenters. The number of aryl methyl sites for hydroxylation is 1. The fraction of sp³-hybridized carbons (Fsp3) is 0.333. The molecule has 2 aromatic rings. The molecule has 4 rings (SSSR count). The number of dihydropyridines is 1. The normalized spacial score (nSPS) is 20.4. The van der Waals surface area contributed by atoms with Gasteiger partial charge in [0.15, 0.2) is 6.04 Å². The van der Waals surface area contributed by atoms with E-state index in [9.17, 15) is 9.59 Å². The van der Waals surface area contributed by atoms with Crippen LogP contribution in [0.1, 0.15) is 24.5 Å². The van der Waals surface area contributed by atoms with Gasteiger partial charge in [-0.2, -0.15) is 0 Å². The largest absolute Gasteiger partial charge is 0.496 e. The van der Waals surface area contributed by atoms with Gasteiger partial charge < -0.3 is 19.9 Å². The van der Waals surface area contributed by atoms with E-state index in [1.807, 2.05) is 31.5 Å². The smallest absolute Gasteiger partial charge is 0.251 e. The summed E-state index contributed by atoms with van der Waals surface area (Å²) in [5.74, 6) is 0.498. The molecule has 2 aromatic heterocycles. The number of hydrogen-bond acceptors (Lipinski definition) is 6. The van der Waals surface area contributed by atoms with Crippen LogP contribution in [0, 0.1) is 0 Å². The zero-order chi connectivity index (χ0) is 22.7. The van der Waals surface area contributed by atoms with E-state index < -0.39 is 6.04 Å². The third-order valence-corrected chi connectivity index (χ3v) is 5.77. The van der Waals surface area contributed by atoms with Crippen LogP contribution < -0.4 is 10.9 Å². The Morgan fingerprint density at radius 3 is 2.91 bits per heavy atom. The van der Waals surface area contributed by atoms with Crippen LogP contribution in [0.4, 0.5) is 0 Å². The molecule has 0 radical (unpaired) electrons. The van der Waals surface area contributed by atoms with Gasteiger partial charge in [0.25, 0.3) is 5.56 Å². The number of amides is 1. The molecule has 0 fully saturated rings. The lowest BCUT2D eigenvalue weighted by Crippen LogP contribution is -2.31. The van der Waals surface area contributed by atoms with Crippen molar-refractivity contribution in [3.05, 3.63) is 75.1 Å². The number of hydrogen-bond donors (Lipinski definition) is 2. The summed E-state index contributed by atoms with van der Waals surface area (Å²) in [5.41, 5.74) is 5.30. The molecule has 166 valence electrons. The van der Waals surface area contributed by atoms with Gasteiger partial charge in [-0.15, -0.1) is 0 Å². The second-order valence-electron chi connectivity index (χ2n) is 7.80. The first kappa shape index (κ1) is 21.5. The molecule has 1 amide bonds. The molecular formula is C24H27N5O3. The second kappa shape index (κ2) is 9.21. The summed E-state index contributed by atoms with van der Waals surface area (Å²) in [4.78, 5) is 38.0. The van der Waals surface area contributed by atoms with Crippen LogP contribution in [0.15, 0.2) is 63.4 Å². The topological polar surface area (TPSA) is 99.7 Å². The molecule has 2 N–H and O–H groups in total. The van der Waals surface area contributed by atoms with Crippen molar-refractivity contribution < 1.29 is 9.53 Å². The van der Waals surface area contributed by atoms with Crippen molar-refractivity contribution >= 4 is 23.2 Å². The maximum Gasteiger partial charge on any atom is 0.251 e. The van der Waals surface area contributed by atoms with Gasteiger partial charge in [0.1, 0.15) is 5.76 Å². The molecule has 0 saturated heterocycles. The van der Waals surface area contributed by atoms with Crippen LogP contribution in [0.2, 0.25) is 0 Å². The lowest BCUT2D eigenvalue weighted by molar-refractivity contribution is -0.120. The predicted octanol–water partition coefficient (Wildman–Crippen LogP) is 2.23. The van der Waals surface area contributed by atoms with E-state index >= 15 is 0 Å². The lowest BCUT2D eigenvalue weighted by atomic mass is 9.98. The minimum Gasteiger partial charge on any atom is -0.496 e. The summed E-state index contributed by atoms with van der Waals surface area (Å²) >= 11 is 0. The van der Waals surface area contributed by atoms with Gasteiger partial charge in [-0.3, -0.25) is 19.6 Å².